The number of allylic oxidation sites excluding steroid dienone is 1. The fraction of sp³-hybridized carbons (Fsp3) is 0.278. The molecule has 0 N–H and O–H groups in total. The first-order valence-corrected chi connectivity index (χ1v) is 9.90. The van der Waals surface area contributed by atoms with Gasteiger partial charge in [0.1, 0.15) is 0 Å². The van der Waals surface area contributed by atoms with Gasteiger partial charge in [0.15, 0.2) is 16.3 Å². The number of nitrogens with zero attached hydrogens (tertiary/aromatic N) is 4. The number of hydrogen-bond acceptors (Lipinski definition) is 4. The van der Waals surface area contributed by atoms with Crippen LogP contribution in [0.4, 0.5) is 0 Å². The zero-order valence-corrected chi connectivity index (χ0v) is 17.4. The van der Waals surface area contributed by atoms with E-state index in [1.165, 1.54) is 23.4 Å². The molecule has 0 radical (unpaired) electrons. The summed E-state index contributed by atoms with van der Waals surface area (Å²) in [5, 5.41) is 1.91. The van der Waals surface area contributed by atoms with E-state index < -0.39 is 5.69 Å². The number of fused-ring (bicyclic) bond motifs is 1. The molecule has 0 aliphatic rings. The maximum Gasteiger partial charge on any atom is 0.332 e. The summed E-state index contributed by atoms with van der Waals surface area (Å²) in [7, 11) is 3.07. The Kier molecular flexibility index (Phi) is 5.83. The van der Waals surface area contributed by atoms with Gasteiger partial charge in [-0.2, -0.15) is 0 Å². The SMILES string of the molecule is C/C(Cl)=C/CSc1nc2c(c(=O)n(C)c(=O)n2C)n1Cc1ccccc1Cl. The quantitative estimate of drug-likeness (QED) is 0.589. The van der Waals surface area contributed by atoms with Gasteiger partial charge in [0.05, 0.1) is 6.54 Å². The number of rotatable bonds is 5. The maximum atomic E-state index is 12.8. The molecule has 0 spiro atoms. The number of aromatic nitrogens is 4. The highest BCUT2D eigenvalue weighted by molar-refractivity contribution is 7.99. The van der Waals surface area contributed by atoms with E-state index >= 15 is 0 Å². The number of benzene rings is 1. The second-order valence-electron chi connectivity index (χ2n) is 6.05. The molecule has 2 aromatic heterocycles. The van der Waals surface area contributed by atoms with Gasteiger partial charge in [-0.3, -0.25) is 13.9 Å². The summed E-state index contributed by atoms with van der Waals surface area (Å²) < 4.78 is 4.28. The van der Waals surface area contributed by atoms with Crippen molar-refractivity contribution in [1.82, 2.24) is 18.7 Å². The van der Waals surface area contributed by atoms with Crippen molar-refractivity contribution >= 4 is 46.1 Å². The molecule has 2 heterocycles. The highest BCUT2D eigenvalue weighted by Gasteiger charge is 2.20. The largest absolute Gasteiger partial charge is 0.332 e. The molecule has 0 aliphatic heterocycles. The Balaban J connectivity index is 2.23. The first-order chi connectivity index (χ1) is 12.8. The number of halogens is 2. The maximum absolute atomic E-state index is 12.8. The van der Waals surface area contributed by atoms with Crippen LogP contribution < -0.4 is 11.2 Å². The zero-order valence-electron chi connectivity index (χ0n) is 15.1. The summed E-state index contributed by atoms with van der Waals surface area (Å²) in [5.74, 6) is 0.593. The van der Waals surface area contributed by atoms with Crippen LogP contribution in [0.3, 0.4) is 0 Å². The smallest absolute Gasteiger partial charge is 0.309 e. The summed E-state index contributed by atoms with van der Waals surface area (Å²) in [6.07, 6.45) is 1.86. The van der Waals surface area contributed by atoms with Crippen molar-refractivity contribution in [2.24, 2.45) is 14.1 Å². The average Bonchev–Trinajstić information content (AvgIpc) is 2.98. The van der Waals surface area contributed by atoms with Gasteiger partial charge < -0.3 is 4.57 Å². The predicted octanol–water partition coefficient (Wildman–Crippen LogP) is 3.37. The standard InChI is InChI=1S/C18H18Cl2N4O2S/c1-11(19)8-9-27-17-21-15-14(16(25)23(3)18(26)22(15)2)24(17)10-12-6-4-5-7-13(12)20/h4-8H,9-10H2,1-3H3/b11-8-. The lowest BCUT2D eigenvalue weighted by Gasteiger charge is -2.10. The van der Waals surface area contributed by atoms with Gasteiger partial charge in [-0.15, -0.1) is 0 Å². The molecule has 27 heavy (non-hydrogen) atoms. The molecule has 0 atom stereocenters. The van der Waals surface area contributed by atoms with Crippen molar-refractivity contribution < 1.29 is 0 Å². The Bertz CT molecular complexity index is 1160. The average molecular weight is 425 g/mol. The number of hydrogen-bond donors (Lipinski definition) is 0. The Morgan fingerprint density at radius 2 is 1.93 bits per heavy atom. The molecule has 0 amide bonds. The molecule has 0 aliphatic carbocycles. The Morgan fingerprint density at radius 3 is 2.59 bits per heavy atom. The first-order valence-electron chi connectivity index (χ1n) is 8.16. The molecule has 0 saturated heterocycles. The Morgan fingerprint density at radius 1 is 1.22 bits per heavy atom. The lowest BCUT2D eigenvalue weighted by Crippen LogP contribution is -2.37. The molecule has 0 bridgehead atoms. The number of thioether (sulfide) groups is 1. The molecule has 0 fully saturated rings. The normalized spacial score (nSPS) is 12.1. The van der Waals surface area contributed by atoms with E-state index in [2.05, 4.69) is 4.98 Å². The predicted molar refractivity (Wildman–Crippen MR) is 111 cm³/mol. The van der Waals surface area contributed by atoms with Crippen molar-refractivity contribution in [3.8, 4) is 0 Å². The third-order valence-corrected chi connectivity index (χ3v) is 5.60. The van der Waals surface area contributed by atoms with Gasteiger partial charge in [0, 0.05) is 29.9 Å². The monoisotopic (exact) mass is 424 g/mol. The van der Waals surface area contributed by atoms with Crippen molar-refractivity contribution in [3.05, 3.63) is 66.8 Å². The summed E-state index contributed by atoms with van der Waals surface area (Å²) in [6.45, 7) is 2.17. The van der Waals surface area contributed by atoms with E-state index in [9.17, 15) is 9.59 Å². The van der Waals surface area contributed by atoms with Crippen molar-refractivity contribution in [2.75, 3.05) is 5.75 Å². The third-order valence-electron chi connectivity index (χ3n) is 4.18. The van der Waals surface area contributed by atoms with E-state index in [0.717, 1.165) is 10.1 Å². The van der Waals surface area contributed by atoms with Crippen LogP contribution in [-0.4, -0.2) is 24.4 Å². The fourth-order valence-electron chi connectivity index (χ4n) is 2.71. The van der Waals surface area contributed by atoms with Gasteiger partial charge in [-0.1, -0.05) is 59.2 Å². The number of aryl methyl sites for hydroxylation is 1. The molecule has 6 nitrogen and oxygen atoms in total. The van der Waals surface area contributed by atoms with E-state index in [0.29, 0.717) is 38.7 Å². The van der Waals surface area contributed by atoms with E-state index in [-0.39, 0.29) is 5.56 Å². The molecule has 9 heteroatoms. The van der Waals surface area contributed by atoms with E-state index in [4.69, 9.17) is 23.2 Å². The minimum atomic E-state index is -0.414. The molecular weight excluding hydrogens is 407 g/mol. The molecule has 142 valence electrons. The highest BCUT2D eigenvalue weighted by Crippen LogP contribution is 2.25. The minimum absolute atomic E-state index is 0.351. The van der Waals surface area contributed by atoms with Crippen LogP contribution in [-0.2, 0) is 20.6 Å². The first kappa shape index (κ1) is 19.8. The Hall–Kier alpha value is -1.96. The van der Waals surface area contributed by atoms with Crippen LogP contribution in [0.25, 0.3) is 11.2 Å². The third kappa shape index (κ3) is 3.85. The van der Waals surface area contributed by atoms with Crippen LogP contribution in [0, 0.1) is 0 Å². The summed E-state index contributed by atoms with van der Waals surface area (Å²) in [4.78, 5) is 29.6. The topological polar surface area (TPSA) is 61.8 Å². The van der Waals surface area contributed by atoms with Crippen LogP contribution in [0.1, 0.15) is 12.5 Å². The second kappa shape index (κ2) is 7.96. The lowest BCUT2D eigenvalue weighted by atomic mass is 10.2. The van der Waals surface area contributed by atoms with Crippen LogP contribution in [0.2, 0.25) is 5.02 Å². The molecule has 3 aromatic rings. The molecule has 0 saturated carbocycles. The van der Waals surface area contributed by atoms with Gasteiger partial charge in [-0.25, -0.2) is 9.78 Å². The minimum Gasteiger partial charge on any atom is -0.309 e. The van der Waals surface area contributed by atoms with Gasteiger partial charge >= 0.3 is 5.69 Å². The summed E-state index contributed by atoms with van der Waals surface area (Å²) >= 11 is 13.7. The van der Waals surface area contributed by atoms with Gasteiger partial charge in [-0.05, 0) is 18.6 Å². The Labute approximate surface area is 170 Å². The van der Waals surface area contributed by atoms with Crippen molar-refractivity contribution in [3.63, 3.8) is 0 Å². The summed E-state index contributed by atoms with van der Waals surface area (Å²) in [5.41, 5.74) is 0.782. The van der Waals surface area contributed by atoms with Crippen molar-refractivity contribution in [1.29, 1.82) is 0 Å². The zero-order chi connectivity index (χ0) is 19.7. The van der Waals surface area contributed by atoms with Gasteiger partial charge in [0.25, 0.3) is 5.56 Å². The lowest BCUT2D eigenvalue weighted by molar-refractivity contribution is 0.697. The van der Waals surface area contributed by atoms with Crippen LogP contribution >= 0.6 is 35.0 Å². The fourth-order valence-corrected chi connectivity index (χ4v) is 4.02. The second-order valence-corrected chi connectivity index (χ2v) is 8.04. The highest BCUT2D eigenvalue weighted by atomic mass is 35.5. The van der Waals surface area contributed by atoms with Crippen LogP contribution in [0.15, 0.2) is 50.1 Å². The van der Waals surface area contributed by atoms with E-state index in [1.54, 1.807) is 24.6 Å². The van der Waals surface area contributed by atoms with Crippen molar-refractivity contribution in [2.45, 2.75) is 18.6 Å². The molecule has 1 aromatic carbocycles. The summed E-state index contributed by atoms with van der Waals surface area (Å²) in [6, 6.07) is 7.44. The molecular formula is C18H18Cl2N4O2S. The van der Waals surface area contributed by atoms with Crippen LogP contribution in [0.5, 0.6) is 0 Å². The molecule has 3 rings (SSSR count). The molecule has 0 unspecified atom stereocenters. The van der Waals surface area contributed by atoms with Gasteiger partial charge in [0.2, 0.25) is 0 Å². The number of imidazole rings is 1. The van der Waals surface area contributed by atoms with E-state index in [1.807, 2.05) is 24.3 Å².